The summed E-state index contributed by atoms with van der Waals surface area (Å²) >= 11 is 0. The molecule has 1 atom stereocenters. The van der Waals surface area contributed by atoms with Crippen molar-refractivity contribution in [2.75, 3.05) is 24.5 Å². The highest BCUT2D eigenvalue weighted by Crippen LogP contribution is 2.18. The summed E-state index contributed by atoms with van der Waals surface area (Å²) < 4.78 is 5.15. The average Bonchev–Trinajstić information content (AvgIpc) is 2.97. The number of aliphatic hydroxyl groups is 1. The lowest BCUT2D eigenvalue weighted by Crippen LogP contribution is -2.38. The number of piperidine rings is 1. The summed E-state index contributed by atoms with van der Waals surface area (Å²) in [6.45, 7) is 5.90. The van der Waals surface area contributed by atoms with Gasteiger partial charge in [-0.2, -0.15) is 0 Å². The molecule has 2 aromatic rings. The lowest BCUT2D eigenvalue weighted by molar-refractivity contribution is 0.0953. The fourth-order valence-corrected chi connectivity index (χ4v) is 3.30. The largest absolute Gasteiger partial charge is 0.391 e. The van der Waals surface area contributed by atoms with Crippen molar-refractivity contribution >= 4 is 11.7 Å². The highest BCUT2D eigenvalue weighted by atomic mass is 16.5. The van der Waals surface area contributed by atoms with Crippen molar-refractivity contribution in [3.05, 3.63) is 40.9 Å². The Morgan fingerprint density at radius 1 is 1.42 bits per heavy atom. The molecule has 0 radical (unpaired) electrons. The van der Waals surface area contributed by atoms with Crippen molar-refractivity contribution < 1.29 is 14.4 Å². The minimum absolute atomic E-state index is 0.124. The van der Waals surface area contributed by atoms with Crippen LogP contribution < -0.4 is 10.2 Å². The van der Waals surface area contributed by atoms with Crippen LogP contribution in [0.1, 0.15) is 46.6 Å². The molecule has 1 aliphatic heterocycles. The van der Waals surface area contributed by atoms with E-state index in [2.05, 4.69) is 20.4 Å². The van der Waals surface area contributed by atoms with Crippen molar-refractivity contribution in [3.63, 3.8) is 0 Å². The van der Waals surface area contributed by atoms with Crippen LogP contribution in [-0.2, 0) is 6.42 Å². The van der Waals surface area contributed by atoms with Gasteiger partial charge in [-0.1, -0.05) is 5.16 Å². The number of carbonyl (C=O) groups is 1. The summed E-state index contributed by atoms with van der Waals surface area (Å²) in [5.74, 6) is 1.52. The molecule has 140 valence electrons. The molecule has 26 heavy (non-hydrogen) atoms. The van der Waals surface area contributed by atoms with E-state index in [0.717, 1.165) is 55.1 Å². The highest BCUT2D eigenvalue weighted by Gasteiger charge is 2.19. The number of aliphatic hydroxyl groups excluding tert-OH is 1. The number of nitrogens with one attached hydrogen (secondary N) is 1. The molecule has 3 rings (SSSR count). The number of anilines is 1. The standard InChI is InChI=1S/C19H26N4O3/c1-13-17(14(2)26-22-13)6-3-9-20-19(25)15-7-8-18(21-11-15)23-10-4-5-16(24)12-23/h7-8,11,16,24H,3-6,9-10,12H2,1-2H3,(H,20,25)/t16-/m1/s1. The maximum atomic E-state index is 12.2. The van der Waals surface area contributed by atoms with Gasteiger partial charge in [-0.15, -0.1) is 0 Å². The molecule has 3 heterocycles. The van der Waals surface area contributed by atoms with Crippen LogP contribution in [-0.4, -0.2) is 46.9 Å². The summed E-state index contributed by atoms with van der Waals surface area (Å²) in [7, 11) is 0. The maximum absolute atomic E-state index is 12.2. The number of aryl methyl sites for hydroxylation is 2. The lowest BCUT2D eigenvalue weighted by atomic mass is 10.1. The number of hydrogen-bond acceptors (Lipinski definition) is 6. The van der Waals surface area contributed by atoms with Crippen molar-refractivity contribution in [2.45, 2.75) is 45.6 Å². The van der Waals surface area contributed by atoms with E-state index in [4.69, 9.17) is 4.52 Å². The van der Waals surface area contributed by atoms with E-state index < -0.39 is 0 Å². The van der Waals surface area contributed by atoms with Crippen LogP contribution in [0.2, 0.25) is 0 Å². The van der Waals surface area contributed by atoms with Crippen LogP contribution in [0.4, 0.5) is 5.82 Å². The molecule has 7 heteroatoms. The van der Waals surface area contributed by atoms with Gasteiger partial charge in [0, 0.05) is 31.4 Å². The topological polar surface area (TPSA) is 91.5 Å². The van der Waals surface area contributed by atoms with Gasteiger partial charge in [-0.3, -0.25) is 4.79 Å². The molecule has 0 aliphatic carbocycles. The Morgan fingerprint density at radius 3 is 2.92 bits per heavy atom. The number of nitrogens with zero attached hydrogens (tertiary/aromatic N) is 3. The van der Waals surface area contributed by atoms with Crippen LogP contribution in [0, 0.1) is 13.8 Å². The second kappa shape index (κ2) is 8.31. The first kappa shape index (κ1) is 18.4. The third-order valence-corrected chi connectivity index (χ3v) is 4.80. The average molecular weight is 358 g/mol. The molecular formula is C19H26N4O3. The molecule has 0 unspecified atom stereocenters. The third-order valence-electron chi connectivity index (χ3n) is 4.80. The minimum atomic E-state index is -0.300. The number of pyridine rings is 1. The normalized spacial score (nSPS) is 17.3. The van der Waals surface area contributed by atoms with Crippen LogP contribution in [0.3, 0.4) is 0 Å². The van der Waals surface area contributed by atoms with Crippen LogP contribution in [0.25, 0.3) is 0 Å². The first-order valence-electron chi connectivity index (χ1n) is 9.13. The van der Waals surface area contributed by atoms with Gasteiger partial charge in [0.15, 0.2) is 0 Å². The fraction of sp³-hybridized carbons (Fsp3) is 0.526. The Kier molecular flexibility index (Phi) is 5.88. The smallest absolute Gasteiger partial charge is 0.252 e. The molecule has 2 N–H and O–H groups in total. The summed E-state index contributed by atoms with van der Waals surface area (Å²) in [6.07, 6.45) is 4.74. The minimum Gasteiger partial charge on any atom is -0.391 e. The summed E-state index contributed by atoms with van der Waals surface area (Å²) in [5, 5.41) is 16.6. The quantitative estimate of drug-likeness (QED) is 0.768. The van der Waals surface area contributed by atoms with Gasteiger partial charge >= 0.3 is 0 Å². The van der Waals surface area contributed by atoms with E-state index in [0.29, 0.717) is 18.7 Å². The SMILES string of the molecule is Cc1noc(C)c1CCCNC(=O)c1ccc(N2CCC[C@@H](O)C2)nc1. The molecule has 2 aromatic heterocycles. The Labute approximate surface area is 153 Å². The highest BCUT2D eigenvalue weighted by molar-refractivity contribution is 5.94. The van der Waals surface area contributed by atoms with Gasteiger partial charge in [0.1, 0.15) is 11.6 Å². The van der Waals surface area contributed by atoms with Gasteiger partial charge in [-0.05, 0) is 51.7 Å². The number of carbonyl (C=O) groups excluding carboxylic acids is 1. The summed E-state index contributed by atoms with van der Waals surface area (Å²) in [6, 6.07) is 3.63. The number of amides is 1. The third kappa shape index (κ3) is 4.40. The van der Waals surface area contributed by atoms with Gasteiger partial charge in [0.2, 0.25) is 0 Å². The van der Waals surface area contributed by atoms with Crippen LogP contribution in [0.5, 0.6) is 0 Å². The molecule has 0 spiro atoms. The Hall–Kier alpha value is -2.41. The predicted octanol–water partition coefficient (Wildman–Crippen LogP) is 2.01. The van der Waals surface area contributed by atoms with Crippen molar-refractivity contribution in [1.82, 2.24) is 15.5 Å². The van der Waals surface area contributed by atoms with E-state index >= 15 is 0 Å². The summed E-state index contributed by atoms with van der Waals surface area (Å²) in [4.78, 5) is 18.7. The molecule has 0 bridgehead atoms. The molecule has 0 aromatic carbocycles. The van der Waals surface area contributed by atoms with E-state index in [1.807, 2.05) is 19.9 Å². The van der Waals surface area contributed by atoms with Gasteiger partial charge in [-0.25, -0.2) is 4.98 Å². The lowest BCUT2D eigenvalue weighted by Gasteiger charge is -2.30. The van der Waals surface area contributed by atoms with Gasteiger partial charge < -0.3 is 19.8 Å². The first-order chi connectivity index (χ1) is 12.5. The van der Waals surface area contributed by atoms with E-state index in [1.165, 1.54) is 0 Å². The van der Waals surface area contributed by atoms with Gasteiger partial charge in [0.25, 0.3) is 5.91 Å². The van der Waals surface area contributed by atoms with Crippen molar-refractivity contribution in [1.29, 1.82) is 0 Å². The Bertz CT molecular complexity index is 722. The number of β-amino-alcohol motifs (C(OH)–C–C–N with tert-alkyl or cyclic N) is 1. The predicted molar refractivity (Wildman–Crippen MR) is 98.3 cm³/mol. The monoisotopic (exact) mass is 358 g/mol. The molecule has 0 saturated carbocycles. The molecule has 1 amide bonds. The van der Waals surface area contributed by atoms with Crippen LogP contribution in [0.15, 0.2) is 22.9 Å². The zero-order valence-electron chi connectivity index (χ0n) is 15.4. The van der Waals surface area contributed by atoms with E-state index in [1.54, 1.807) is 12.3 Å². The zero-order valence-corrected chi connectivity index (χ0v) is 15.4. The molecule has 1 saturated heterocycles. The number of rotatable bonds is 6. The Morgan fingerprint density at radius 2 is 2.27 bits per heavy atom. The second-order valence-electron chi connectivity index (χ2n) is 6.81. The molecule has 1 fully saturated rings. The van der Waals surface area contributed by atoms with E-state index in [9.17, 15) is 9.90 Å². The van der Waals surface area contributed by atoms with Crippen LogP contribution >= 0.6 is 0 Å². The Balaban J connectivity index is 1.47. The summed E-state index contributed by atoms with van der Waals surface area (Å²) in [5.41, 5.74) is 2.58. The fourth-order valence-electron chi connectivity index (χ4n) is 3.30. The second-order valence-corrected chi connectivity index (χ2v) is 6.81. The van der Waals surface area contributed by atoms with Crippen molar-refractivity contribution in [3.8, 4) is 0 Å². The number of hydrogen-bond donors (Lipinski definition) is 2. The first-order valence-corrected chi connectivity index (χ1v) is 9.13. The van der Waals surface area contributed by atoms with E-state index in [-0.39, 0.29) is 12.0 Å². The molecule has 1 aliphatic rings. The maximum Gasteiger partial charge on any atom is 0.252 e. The van der Waals surface area contributed by atoms with Crippen molar-refractivity contribution in [2.24, 2.45) is 0 Å². The van der Waals surface area contributed by atoms with Gasteiger partial charge in [0.05, 0.1) is 17.4 Å². The molecular weight excluding hydrogens is 332 g/mol. The molecule has 7 nitrogen and oxygen atoms in total. The zero-order chi connectivity index (χ0) is 18.5. The number of aromatic nitrogens is 2.